The average Bonchev–Trinajstić information content (AvgIpc) is 2.69. The van der Waals surface area contributed by atoms with Crippen molar-refractivity contribution in [3.63, 3.8) is 0 Å². The van der Waals surface area contributed by atoms with E-state index in [1.165, 1.54) is 17.1 Å². The highest BCUT2D eigenvalue weighted by Crippen LogP contribution is 2.30. The van der Waals surface area contributed by atoms with E-state index < -0.39 is 4.92 Å². The maximum absolute atomic E-state index is 12.2. The molecular weight excluding hydrogens is 370 g/mol. The third-order valence-corrected chi connectivity index (χ3v) is 4.86. The van der Waals surface area contributed by atoms with Crippen molar-refractivity contribution >= 4 is 28.4 Å². The molecule has 8 nitrogen and oxygen atoms in total. The lowest BCUT2D eigenvalue weighted by molar-refractivity contribution is -0.384. The van der Waals surface area contributed by atoms with Crippen LogP contribution >= 0.6 is 11.8 Å². The molecule has 1 amide bonds. The Balaban J connectivity index is 1.84. The van der Waals surface area contributed by atoms with Crippen molar-refractivity contribution in [3.8, 4) is 11.5 Å². The number of rotatable bonds is 6. The number of nitro groups is 1. The molecule has 0 bridgehead atoms. The standard InChI is InChI=1S/C18H17N3O5S/c1-25-16-8-5-13(9-17(16)26-2)15-11-27-18(22)20(19-15)10-12-3-6-14(7-4-12)21(23)24/h3-9H,10-11H2,1-2H3. The van der Waals surface area contributed by atoms with Gasteiger partial charge in [0.05, 0.1) is 31.4 Å². The highest BCUT2D eigenvalue weighted by atomic mass is 32.2. The van der Waals surface area contributed by atoms with Crippen LogP contribution in [0.15, 0.2) is 47.6 Å². The Morgan fingerprint density at radius 2 is 1.85 bits per heavy atom. The van der Waals surface area contributed by atoms with Gasteiger partial charge in [0.25, 0.3) is 5.69 Å². The summed E-state index contributed by atoms with van der Waals surface area (Å²) < 4.78 is 10.6. The number of amides is 1. The molecule has 1 aliphatic rings. The molecule has 0 unspecified atom stereocenters. The molecule has 0 radical (unpaired) electrons. The molecule has 27 heavy (non-hydrogen) atoms. The Morgan fingerprint density at radius 3 is 2.48 bits per heavy atom. The fourth-order valence-corrected chi connectivity index (χ4v) is 3.31. The van der Waals surface area contributed by atoms with Gasteiger partial charge in [-0.2, -0.15) is 5.10 Å². The normalized spacial score (nSPS) is 13.9. The van der Waals surface area contributed by atoms with Gasteiger partial charge in [-0.05, 0) is 23.8 Å². The molecular formula is C18H17N3O5S. The van der Waals surface area contributed by atoms with Crippen molar-refractivity contribution in [1.82, 2.24) is 5.01 Å². The maximum atomic E-state index is 12.2. The zero-order chi connectivity index (χ0) is 19.4. The van der Waals surface area contributed by atoms with Crippen LogP contribution in [-0.2, 0) is 6.54 Å². The number of nitro benzene ring substituents is 1. The van der Waals surface area contributed by atoms with Crippen LogP contribution in [0.25, 0.3) is 0 Å². The van der Waals surface area contributed by atoms with Gasteiger partial charge in [-0.1, -0.05) is 23.9 Å². The first-order valence-corrected chi connectivity index (χ1v) is 8.98. The third kappa shape index (κ3) is 4.20. The predicted octanol–water partition coefficient (Wildman–Crippen LogP) is 3.69. The minimum absolute atomic E-state index is 0.00705. The number of benzene rings is 2. The third-order valence-electron chi connectivity index (χ3n) is 3.98. The van der Waals surface area contributed by atoms with Gasteiger partial charge >= 0.3 is 5.24 Å². The summed E-state index contributed by atoms with van der Waals surface area (Å²) >= 11 is 1.16. The van der Waals surface area contributed by atoms with Crippen LogP contribution in [0.1, 0.15) is 11.1 Å². The molecule has 9 heteroatoms. The fourth-order valence-electron chi connectivity index (χ4n) is 2.57. The minimum atomic E-state index is -0.459. The highest BCUT2D eigenvalue weighted by molar-refractivity contribution is 8.14. The van der Waals surface area contributed by atoms with Crippen LogP contribution in [0.5, 0.6) is 11.5 Å². The second-order valence-electron chi connectivity index (χ2n) is 5.65. The number of non-ortho nitro benzene ring substituents is 1. The number of hydrazone groups is 1. The zero-order valence-corrected chi connectivity index (χ0v) is 15.6. The van der Waals surface area contributed by atoms with Crippen molar-refractivity contribution in [3.05, 3.63) is 63.7 Å². The van der Waals surface area contributed by atoms with Gasteiger partial charge in [0.2, 0.25) is 0 Å². The summed E-state index contributed by atoms with van der Waals surface area (Å²) in [7, 11) is 3.12. The Hall–Kier alpha value is -3.07. The molecule has 2 aromatic rings. The van der Waals surface area contributed by atoms with Crippen LogP contribution in [0, 0.1) is 10.1 Å². The second kappa shape index (κ2) is 8.09. The van der Waals surface area contributed by atoms with Crippen LogP contribution < -0.4 is 9.47 Å². The highest BCUT2D eigenvalue weighted by Gasteiger charge is 2.23. The molecule has 140 valence electrons. The number of nitrogens with zero attached hydrogens (tertiary/aromatic N) is 3. The SMILES string of the molecule is COc1ccc(C2=NN(Cc3ccc([N+](=O)[O-])cc3)C(=O)SC2)cc1OC. The summed E-state index contributed by atoms with van der Waals surface area (Å²) in [6.45, 7) is 0.237. The molecule has 0 spiro atoms. The lowest BCUT2D eigenvalue weighted by Crippen LogP contribution is -2.29. The molecule has 0 saturated carbocycles. The molecule has 0 atom stereocenters. The van der Waals surface area contributed by atoms with E-state index in [0.29, 0.717) is 17.3 Å². The van der Waals surface area contributed by atoms with E-state index in [0.717, 1.165) is 28.6 Å². The van der Waals surface area contributed by atoms with Crippen LogP contribution in [-0.4, -0.2) is 40.9 Å². The number of thioether (sulfide) groups is 1. The van der Waals surface area contributed by atoms with Gasteiger partial charge in [0, 0.05) is 23.4 Å². The van der Waals surface area contributed by atoms with Gasteiger partial charge in [0.15, 0.2) is 11.5 Å². The van der Waals surface area contributed by atoms with Gasteiger partial charge in [-0.3, -0.25) is 14.9 Å². The second-order valence-corrected chi connectivity index (χ2v) is 6.58. The van der Waals surface area contributed by atoms with Crippen LogP contribution in [0.3, 0.4) is 0 Å². The van der Waals surface area contributed by atoms with E-state index >= 15 is 0 Å². The summed E-state index contributed by atoms with van der Waals surface area (Å²) in [5.74, 6) is 1.65. The summed E-state index contributed by atoms with van der Waals surface area (Å²) in [5, 5.41) is 16.4. The summed E-state index contributed by atoms with van der Waals surface area (Å²) in [5.41, 5.74) is 2.34. The van der Waals surface area contributed by atoms with Crippen molar-refractivity contribution in [1.29, 1.82) is 0 Å². The molecule has 2 aromatic carbocycles. The summed E-state index contributed by atoms with van der Waals surface area (Å²) in [6.07, 6.45) is 0. The molecule has 0 aliphatic carbocycles. The number of hydrogen-bond acceptors (Lipinski definition) is 7. The number of carbonyl (C=O) groups is 1. The van der Waals surface area contributed by atoms with Crippen LogP contribution in [0.4, 0.5) is 10.5 Å². The first kappa shape index (κ1) is 18.7. The molecule has 1 heterocycles. The average molecular weight is 387 g/mol. The first-order chi connectivity index (χ1) is 13.0. The molecule has 0 fully saturated rings. The predicted molar refractivity (Wildman–Crippen MR) is 103 cm³/mol. The van der Waals surface area contributed by atoms with E-state index in [1.807, 2.05) is 12.1 Å². The minimum Gasteiger partial charge on any atom is -0.493 e. The van der Waals surface area contributed by atoms with E-state index in [-0.39, 0.29) is 17.5 Å². The van der Waals surface area contributed by atoms with Gasteiger partial charge in [-0.15, -0.1) is 0 Å². The molecule has 0 aromatic heterocycles. The van der Waals surface area contributed by atoms with Gasteiger partial charge in [0.1, 0.15) is 0 Å². The van der Waals surface area contributed by atoms with E-state index in [2.05, 4.69) is 5.10 Å². The van der Waals surface area contributed by atoms with Gasteiger partial charge in [-0.25, -0.2) is 5.01 Å². The largest absolute Gasteiger partial charge is 0.493 e. The number of hydrogen-bond donors (Lipinski definition) is 0. The Kier molecular flexibility index (Phi) is 5.60. The summed E-state index contributed by atoms with van der Waals surface area (Å²) in [4.78, 5) is 22.5. The molecule has 3 rings (SSSR count). The maximum Gasteiger partial charge on any atom is 0.302 e. The molecule has 0 N–H and O–H groups in total. The fraction of sp³-hybridized carbons (Fsp3) is 0.222. The van der Waals surface area contributed by atoms with Crippen LogP contribution in [0.2, 0.25) is 0 Å². The Bertz CT molecular complexity index is 898. The Morgan fingerprint density at radius 1 is 1.15 bits per heavy atom. The first-order valence-electron chi connectivity index (χ1n) is 7.99. The number of ether oxygens (including phenoxy) is 2. The van der Waals surface area contributed by atoms with Gasteiger partial charge < -0.3 is 9.47 Å². The van der Waals surface area contributed by atoms with E-state index in [1.54, 1.807) is 32.4 Å². The van der Waals surface area contributed by atoms with Crippen molar-refractivity contribution < 1.29 is 19.2 Å². The zero-order valence-electron chi connectivity index (χ0n) is 14.7. The molecule has 0 saturated heterocycles. The summed E-state index contributed by atoms with van der Waals surface area (Å²) in [6, 6.07) is 11.5. The topological polar surface area (TPSA) is 94.3 Å². The monoisotopic (exact) mass is 387 g/mol. The van der Waals surface area contributed by atoms with Crippen molar-refractivity contribution in [2.45, 2.75) is 6.54 Å². The van der Waals surface area contributed by atoms with Crippen molar-refractivity contribution in [2.24, 2.45) is 5.10 Å². The number of carbonyl (C=O) groups excluding carboxylic acids is 1. The smallest absolute Gasteiger partial charge is 0.302 e. The van der Waals surface area contributed by atoms with E-state index in [4.69, 9.17) is 9.47 Å². The van der Waals surface area contributed by atoms with Crippen molar-refractivity contribution in [2.75, 3.05) is 20.0 Å². The van der Waals surface area contributed by atoms with E-state index in [9.17, 15) is 14.9 Å². The molecule has 1 aliphatic heterocycles. The lowest BCUT2D eigenvalue weighted by atomic mass is 10.1. The Labute approximate surface area is 159 Å². The lowest BCUT2D eigenvalue weighted by Gasteiger charge is -2.23. The quantitative estimate of drug-likeness (QED) is 0.554. The number of methoxy groups -OCH3 is 2.